The molecule has 1 atom stereocenters. The van der Waals surface area contributed by atoms with Gasteiger partial charge in [0.1, 0.15) is 6.61 Å². The van der Waals surface area contributed by atoms with Gasteiger partial charge in [0.05, 0.1) is 5.92 Å². The summed E-state index contributed by atoms with van der Waals surface area (Å²) in [6, 6.07) is 23.6. The molecule has 3 aromatic rings. The number of carbonyl (C=O) groups is 3. The number of hydrogen-bond donors (Lipinski definition) is 3. The number of anilines is 1. The van der Waals surface area contributed by atoms with Crippen molar-refractivity contribution in [1.82, 2.24) is 5.32 Å². The summed E-state index contributed by atoms with van der Waals surface area (Å²) in [5.74, 6) is -1.76. The summed E-state index contributed by atoms with van der Waals surface area (Å²) in [4.78, 5) is 35.2. The van der Waals surface area contributed by atoms with Gasteiger partial charge < -0.3 is 15.2 Å². The van der Waals surface area contributed by atoms with Crippen LogP contribution in [0, 0.1) is 5.92 Å². The highest BCUT2D eigenvalue weighted by atomic mass is 16.5. The number of aliphatic carboxylic acids is 1. The molecule has 0 radical (unpaired) electrons. The van der Waals surface area contributed by atoms with E-state index in [4.69, 9.17) is 9.84 Å². The first-order chi connectivity index (χ1) is 16.9. The number of ether oxygens (including phenoxy) is 1. The van der Waals surface area contributed by atoms with Gasteiger partial charge in [0.25, 0.3) is 0 Å². The molecule has 0 saturated carbocycles. The third kappa shape index (κ3) is 5.87. The van der Waals surface area contributed by atoms with Gasteiger partial charge in [-0.2, -0.15) is 0 Å². The van der Waals surface area contributed by atoms with Crippen LogP contribution in [0.5, 0.6) is 0 Å². The molecule has 2 amide bonds. The molecule has 3 aromatic carbocycles. The van der Waals surface area contributed by atoms with Crippen LogP contribution in [0.15, 0.2) is 72.8 Å². The Labute approximate surface area is 204 Å². The monoisotopic (exact) mass is 472 g/mol. The number of carbonyl (C=O) groups excluding carboxylic acids is 2. The molecular weight excluding hydrogens is 444 g/mol. The Morgan fingerprint density at radius 2 is 1.51 bits per heavy atom. The van der Waals surface area contributed by atoms with Gasteiger partial charge in [-0.1, -0.05) is 67.6 Å². The van der Waals surface area contributed by atoms with E-state index >= 15 is 0 Å². The lowest BCUT2D eigenvalue weighted by molar-refractivity contribution is -0.141. The number of aryl methyl sites for hydroxylation is 1. The van der Waals surface area contributed by atoms with Crippen molar-refractivity contribution < 1.29 is 24.2 Å². The molecule has 0 saturated heterocycles. The fraction of sp³-hybridized carbons (Fsp3) is 0.250. The molecule has 0 spiro atoms. The fourth-order valence-corrected chi connectivity index (χ4v) is 4.21. The molecule has 0 heterocycles. The van der Waals surface area contributed by atoms with Crippen LogP contribution in [0.2, 0.25) is 0 Å². The fourth-order valence-electron chi connectivity index (χ4n) is 4.21. The molecule has 0 aliphatic heterocycles. The van der Waals surface area contributed by atoms with Crippen molar-refractivity contribution in [3.63, 3.8) is 0 Å². The summed E-state index contributed by atoms with van der Waals surface area (Å²) < 4.78 is 5.57. The van der Waals surface area contributed by atoms with Crippen LogP contribution in [-0.2, 0) is 20.7 Å². The molecule has 0 fully saturated rings. The van der Waals surface area contributed by atoms with Crippen LogP contribution in [-0.4, -0.2) is 36.2 Å². The highest BCUT2D eigenvalue weighted by Crippen LogP contribution is 2.44. The summed E-state index contributed by atoms with van der Waals surface area (Å²) in [7, 11) is 0. The van der Waals surface area contributed by atoms with Crippen LogP contribution in [0.3, 0.4) is 0 Å². The van der Waals surface area contributed by atoms with E-state index in [1.807, 2.05) is 36.4 Å². The van der Waals surface area contributed by atoms with Gasteiger partial charge in [-0.15, -0.1) is 0 Å². The van der Waals surface area contributed by atoms with E-state index in [2.05, 4.69) is 34.9 Å². The van der Waals surface area contributed by atoms with Gasteiger partial charge in [0.15, 0.2) is 0 Å². The number of rotatable bonds is 9. The first-order valence-corrected chi connectivity index (χ1v) is 11.6. The van der Waals surface area contributed by atoms with Crippen molar-refractivity contribution in [2.75, 3.05) is 18.5 Å². The minimum Gasteiger partial charge on any atom is -0.481 e. The van der Waals surface area contributed by atoms with Gasteiger partial charge >= 0.3 is 12.1 Å². The summed E-state index contributed by atoms with van der Waals surface area (Å²) >= 11 is 0. The van der Waals surface area contributed by atoms with Crippen LogP contribution in [0.4, 0.5) is 10.5 Å². The molecule has 7 heteroatoms. The normalized spacial score (nSPS) is 12.8. The van der Waals surface area contributed by atoms with Gasteiger partial charge in [-0.25, -0.2) is 4.79 Å². The van der Waals surface area contributed by atoms with E-state index in [0.717, 1.165) is 16.7 Å². The first kappa shape index (κ1) is 24.0. The van der Waals surface area contributed by atoms with E-state index in [0.29, 0.717) is 12.1 Å². The third-order valence-corrected chi connectivity index (χ3v) is 6.21. The van der Waals surface area contributed by atoms with Crippen LogP contribution >= 0.6 is 0 Å². The van der Waals surface area contributed by atoms with Crippen molar-refractivity contribution >= 4 is 23.7 Å². The summed E-state index contributed by atoms with van der Waals surface area (Å²) in [6.07, 6.45) is 0.246. The number of hydrogen-bond acceptors (Lipinski definition) is 4. The minimum atomic E-state index is -0.940. The molecule has 35 heavy (non-hydrogen) atoms. The Morgan fingerprint density at radius 3 is 2.11 bits per heavy atom. The Kier molecular flexibility index (Phi) is 7.45. The Bertz CT molecular complexity index is 1180. The Morgan fingerprint density at radius 1 is 0.914 bits per heavy atom. The van der Waals surface area contributed by atoms with E-state index in [-0.39, 0.29) is 31.4 Å². The van der Waals surface area contributed by atoms with Crippen molar-refractivity contribution in [2.24, 2.45) is 5.92 Å². The van der Waals surface area contributed by atoms with Crippen molar-refractivity contribution in [2.45, 2.75) is 25.7 Å². The summed E-state index contributed by atoms with van der Waals surface area (Å²) in [5, 5.41) is 14.2. The second kappa shape index (κ2) is 10.9. The van der Waals surface area contributed by atoms with Crippen molar-refractivity contribution in [1.29, 1.82) is 0 Å². The number of nitrogens with one attached hydrogen (secondary N) is 2. The van der Waals surface area contributed by atoms with Crippen LogP contribution in [0.25, 0.3) is 11.1 Å². The van der Waals surface area contributed by atoms with Gasteiger partial charge in [-0.3, -0.25) is 14.9 Å². The number of carboxylic acid groups (broad SMARTS) is 1. The molecule has 1 unspecified atom stereocenters. The lowest BCUT2D eigenvalue weighted by Crippen LogP contribution is -2.31. The first-order valence-electron chi connectivity index (χ1n) is 11.6. The molecule has 7 nitrogen and oxygen atoms in total. The molecule has 3 N–H and O–H groups in total. The van der Waals surface area contributed by atoms with E-state index in [1.54, 1.807) is 19.1 Å². The second-order valence-corrected chi connectivity index (χ2v) is 8.69. The van der Waals surface area contributed by atoms with E-state index in [9.17, 15) is 14.4 Å². The minimum absolute atomic E-state index is 0.000147. The summed E-state index contributed by atoms with van der Waals surface area (Å²) in [6.45, 7) is 1.90. The lowest BCUT2D eigenvalue weighted by atomic mass is 9.98. The van der Waals surface area contributed by atoms with Crippen molar-refractivity contribution in [3.05, 3.63) is 89.5 Å². The smallest absolute Gasteiger partial charge is 0.411 e. The molecule has 1 aliphatic rings. The van der Waals surface area contributed by atoms with Crippen LogP contribution < -0.4 is 10.6 Å². The molecule has 0 bridgehead atoms. The Balaban J connectivity index is 1.26. The van der Waals surface area contributed by atoms with E-state index < -0.39 is 18.0 Å². The number of benzene rings is 3. The zero-order chi connectivity index (χ0) is 24.8. The van der Waals surface area contributed by atoms with Crippen molar-refractivity contribution in [3.8, 4) is 11.1 Å². The maximum Gasteiger partial charge on any atom is 0.411 e. The number of amides is 2. The number of carboxylic acids is 1. The third-order valence-electron chi connectivity index (χ3n) is 6.21. The number of fused-ring (bicyclic) bond motifs is 3. The Hall–Kier alpha value is -4.13. The SMILES string of the molecule is CC(CNC(=O)CCc1ccc(NC(=O)OCC2c3ccccc3-c3ccccc32)cc1)C(=O)O. The molecule has 1 aliphatic carbocycles. The molecule has 180 valence electrons. The highest BCUT2D eigenvalue weighted by molar-refractivity contribution is 5.85. The lowest BCUT2D eigenvalue weighted by Gasteiger charge is -2.14. The van der Waals surface area contributed by atoms with E-state index in [1.165, 1.54) is 11.1 Å². The highest BCUT2D eigenvalue weighted by Gasteiger charge is 2.29. The molecule has 4 rings (SSSR count). The standard InChI is InChI=1S/C28H28N2O5/c1-18(27(32)33)16-29-26(31)15-12-19-10-13-20(14-11-19)30-28(34)35-17-25-23-8-4-2-6-21(23)22-7-3-5-9-24(22)25/h2-11,13-14,18,25H,12,15-17H2,1H3,(H,29,31)(H,30,34)(H,32,33). The predicted octanol–water partition coefficient (Wildman–Crippen LogP) is 4.82. The molecular formula is C28H28N2O5. The van der Waals surface area contributed by atoms with Crippen LogP contribution in [0.1, 0.15) is 36.0 Å². The quantitative estimate of drug-likeness (QED) is 0.414. The zero-order valence-electron chi connectivity index (χ0n) is 19.5. The maximum absolute atomic E-state index is 12.4. The predicted molar refractivity (Wildman–Crippen MR) is 133 cm³/mol. The second-order valence-electron chi connectivity index (χ2n) is 8.69. The largest absolute Gasteiger partial charge is 0.481 e. The average Bonchev–Trinajstić information content (AvgIpc) is 3.19. The summed E-state index contributed by atoms with van der Waals surface area (Å²) in [5.41, 5.74) is 6.21. The van der Waals surface area contributed by atoms with Gasteiger partial charge in [-0.05, 0) is 46.4 Å². The topological polar surface area (TPSA) is 105 Å². The van der Waals surface area contributed by atoms with Gasteiger partial charge in [0, 0.05) is 24.6 Å². The maximum atomic E-state index is 12.4. The van der Waals surface area contributed by atoms with Gasteiger partial charge in [0.2, 0.25) is 5.91 Å². The zero-order valence-corrected chi connectivity index (χ0v) is 19.5. The average molecular weight is 473 g/mol. The molecule has 0 aromatic heterocycles.